The van der Waals surface area contributed by atoms with Crippen LogP contribution in [0.1, 0.15) is 50.2 Å². The summed E-state index contributed by atoms with van der Waals surface area (Å²) < 4.78 is 5.44. The van der Waals surface area contributed by atoms with Gasteiger partial charge in [-0.25, -0.2) is 0 Å². The maximum atomic E-state index is 10.9. The molecule has 0 saturated heterocycles. The average molecular weight is 291 g/mol. The minimum absolute atomic E-state index is 0.574. The molecule has 0 amide bonds. The lowest BCUT2D eigenvalue weighted by Gasteiger charge is -2.37. The average Bonchev–Trinajstić information content (AvgIpc) is 2.47. The van der Waals surface area contributed by atoms with Crippen LogP contribution in [-0.4, -0.2) is 30.4 Å². The van der Waals surface area contributed by atoms with E-state index in [1.165, 1.54) is 12.0 Å². The zero-order valence-electron chi connectivity index (χ0n) is 13.6. The molecule has 1 aromatic rings. The topological polar surface area (TPSA) is 41.5 Å². The fourth-order valence-electron chi connectivity index (χ4n) is 3.28. The summed E-state index contributed by atoms with van der Waals surface area (Å²) in [6.07, 6.45) is 5.71. The highest BCUT2D eigenvalue weighted by Gasteiger charge is 2.33. The van der Waals surface area contributed by atoms with Crippen LogP contribution in [-0.2, 0) is 6.42 Å². The largest absolute Gasteiger partial charge is 0.496 e. The van der Waals surface area contributed by atoms with Gasteiger partial charge in [0.25, 0.3) is 0 Å². The third kappa shape index (κ3) is 4.45. The van der Waals surface area contributed by atoms with Crippen molar-refractivity contribution < 1.29 is 9.84 Å². The summed E-state index contributed by atoms with van der Waals surface area (Å²) in [4.78, 5) is 0. The Balaban J connectivity index is 1.98. The first kappa shape index (κ1) is 16.3. The van der Waals surface area contributed by atoms with Crippen LogP contribution < -0.4 is 10.1 Å². The van der Waals surface area contributed by atoms with Crippen molar-refractivity contribution in [1.82, 2.24) is 5.32 Å². The lowest BCUT2D eigenvalue weighted by atomic mass is 9.78. The zero-order valence-corrected chi connectivity index (χ0v) is 13.6. The number of nitrogens with one attached hydrogen (secondary N) is 1. The molecule has 1 aliphatic carbocycles. The Morgan fingerprint density at radius 3 is 2.67 bits per heavy atom. The van der Waals surface area contributed by atoms with Gasteiger partial charge < -0.3 is 15.2 Å². The van der Waals surface area contributed by atoms with Crippen molar-refractivity contribution in [2.75, 3.05) is 13.7 Å². The van der Waals surface area contributed by atoms with Crippen molar-refractivity contribution >= 4 is 0 Å². The quantitative estimate of drug-likeness (QED) is 0.845. The van der Waals surface area contributed by atoms with Crippen LogP contribution in [0.2, 0.25) is 0 Å². The Bertz CT molecular complexity index is 451. The van der Waals surface area contributed by atoms with E-state index >= 15 is 0 Å². The lowest BCUT2D eigenvalue weighted by molar-refractivity contribution is -0.00348. The SMILES string of the molecule is CCCNC1CCC(O)(Cc2cc(C)ccc2OC)CC1. The normalized spacial score (nSPS) is 25.8. The molecular formula is C18H29NO2. The van der Waals surface area contributed by atoms with E-state index < -0.39 is 5.60 Å². The van der Waals surface area contributed by atoms with Crippen molar-refractivity contribution in [3.05, 3.63) is 29.3 Å². The number of hydrogen-bond acceptors (Lipinski definition) is 3. The molecular weight excluding hydrogens is 262 g/mol. The van der Waals surface area contributed by atoms with Crippen molar-refractivity contribution in [3.63, 3.8) is 0 Å². The lowest BCUT2D eigenvalue weighted by Crippen LogP contribution is -2.42. The summed E-state index contributed by atoms with van der Waals surface area (Å²) in [7, 11) is 1.70. The number of ether oxygens (including phenoxy) is 1. The summed E-state index contributed by atoms with van der Waals surface area (Å²) in [5.74, 6) is 0.889. The van der Waals surface area contributed by atoms with Crippen molar-refractivity contribution in [1.29, 1.82) is 0 Å². The molecule has 1 aromatic carbocycles. The second-order valence-electron chi connectivity index (χ2n) is 6.44. The highest BCUT2D eigenvalue weighted by atomic mass is 16.5. The molecule has 1 saturated carbocycles. The first-order chi connectivity index (χ1) is 10.1. The summed E-state index contributed by atoms with van der Waals surface area (Å²) >= 11 is 0. The molecule has 0 radical (unpaired) electrons. The molecule has 3 nitrogen and oxygen atoms in total. The van der Waals surface area contributed by atoms with E-state index in [-0.39, 0.29) is 0 Å². The smallest absolute Gasteiger partial charge is 0.122 e. The predicted octanol–water partition coefficient (Wildman–Crippen LogP) is 3.22. The third-order valence-corrected chi connectivity index (χ3v) is 4.55. The highest BCUT2D eigenvalue weighted by molar-refractivity contribution is 5.38. The monoisotopic (exact) mass is 291 g/mol. The van der Waals surface area contributed by atoms with Crippen molar-refractivity contribution in [2.45, 2.75) is 64.0 Å². The standard InChI is InChI=1S/C18H29NO2/c1-4-11-19-16-7-9-18(20,10-8-16)13-15-12-14(2)5-6-17(15)21-3/h5-6,12,16,19-20H,4,7-11,13H2,1-3H3. The van der Waals surface area contributed by atoms with Gasteiger partial charge in [-0.3, -0.25) is 0 Å². The Kier molecular flexibility index (Phi) is 5.65. The second-order valence-corrected chi connectivity index (χ2v) is 6.44. The van der Waals surface area contributed by atoms with Crippen molar-refractivity contribution in [2.24, 2.45) is 0 Å². The molecule has 0 unspecified atom stereocenters. The second kappa shape index (κ2) is 7.28. The molecule has 118 valence electrons. The van der Waals surface area contributed by atoms with Gasteiger partial charge in [0, 0.05) is 12.5 Å². The number of benzene rings is 1. The Morgan fingerprint density at radius 2 is 2.05 bits per heavy atom. The number of rotatable bonds is 6. The van der Waals surface area contributed by atoms with E-state index in [2.05, 4.69) is 31.3 Å². The molecule has 0 atom stereocenters. The highest BCUT2D eigenvalue weighted by Crippen LogP contribution is 2.34. The summed E-state index contributed by atoms with van der Waals surface area (Å²) in [5.41, 5.74) is 1.76. The van der Waals surface area contributed by atoms with Crippen LogP contribution in [0.3, 0.4) is 0 Å². The zero-order chi connectivity index (χ0) is 15.3. The van der Waals surface area contributed by atoms with Crippen LogP contribution >= 0.6 is 0 Å². The van der Waals surface area contributed by atoms with E-state index in [9.17, 15) is 5.11 Å². The molecule has 0 heterocycles. The van der Waals surface area contributed by atoms with E-state index in [4.69, 9.17) is 4.74 Å². The van der Waals surface area contributed by atoms with Crippen LogP contribution in [0.25, 0.3) is 0 Å². The van der Waals surface area contributed by atoms with Gasteiger partial charge in [-0.2, -0.15) is 0 Å². The van der Waals surface area contributed by atoms with E-state index in [1.54, 1.807) is 7.11 Å². The van der Waals surface area contributed by atoms with Gasteiger partial charge >= 0.3 is 0 Å². The summed E-state index contributed by atoms with van der Waals surface area (Å²) in [6, 6.07) is 6.77. The molecule has 2 N–H and O–H groups in total. The number of aliphatic hydroxyl groups is 1. The molecule has 2 rings (SSSR count). The molecule has 0 bridgehead atoms. The molecule has 0 aromatic heterocycles. The Morgan fingerprint density at radius 1 is 1.33 bits per heavy atom. The van der Waals surface area contributed by atoms with Crippen LogP contribution in [0.5, 0.6) is 5.75 Å². The van der Waals surface area contributed by atoms with E-state index in [0.717, 1.165) is 43.5 Å². The first-order valence-electron chi connectivity index (χ1n) is 8.15. The predicted molar refractivity (Wildman–Crippen MR) is 86.9 cm³/mol. The van der Waals surface area contributed by atoms with Gasteiger partial charge in [0.15, 0.2) is 0 Å². The van der Waals surface area contributed by atoms with Gasteiger partial charge in [-0.05, 0) is 57.2 Å². The fourth-order valence-corrected chi connectivity index (χ4v) is 3.28. The van der Waals surface area contributed by atoms with Gasteiger partial charge in [-0.15, -0.1) is 0 Å². The number of hydrogen-bond donors (Lipinski definition) is 2. The summed E-state index contributed by atoms with van der Waals surface area (Å²) in [6.45, 7) is 5.35. The summed E-state index contributed by atoms with van der Waals surface area (Å²) in [5, 5.41) is 14.5. The number of aryl methyl sites for hydroxylation is 1. The first-order valence-corrected chi connectivity index (χ1v) is 8.15. The molecule has 3 heteroatoms. The fraction of sp³-hybridized carbons (Fsp3) is 0.667. The van der Waals surface area contributed by atoms with Crippen LogP contribution in [0, 0.1) is 6.92 Å². The molecule has 0 aliphatic heterocycles. The van der Waals surface area contributed by atoms with E-state index in [1.807, 2.05) is 6.07 Å². The number of methoxy groups -OCH3 is 1. The van der Waals surface area contributed by atoms with Crippen LogP contribution in [0.15, 0.2) is 18.2 Å². The maximum absolute atomic E-state index is 10.9. The third-order valence-electron chi connectivity index (χ3n) is 4.55. The minimum Gasteiger partial charge on any atom is -0.496 e. The van der Waals surface area contributed by atoms with Gasteiger partial charge in [-0.1, -0.05) is 24.6 Å². The minimum atomic E-state index is -0.578. The van der Waals surface area contributed by atoms with Gasteiger partial charge in [0.1, 0.15) is 5.75 Å². The van der Waals surface area contributed by atoms with Gasteiger partial charge in [0.2, 0.25) is 0 Å². The van der Waals surface area contributed by atoms with E-state index in [0.29, 0.717) is 12.5 Å². The van der Waals surface area contributed by atoms with Crippen LogP contribution in [0.4, 0.5) is 0 Å². The molecule has 21 heavy (non-hydrogen) atoms. The molecule has 0 spiro atoms. The maximum Gasteiger partial charge on any atom is 0.122 e. The van der Waals surface area contributed by atoms with Crippen molar-refractivity contribution in [3.8, 4) is 5.75 Å². The molecule has 1 aliphatic rings. The Hall–Kier alpha value is -1.06. The van der Waals surface area contributed by atoms with Gasteiger partial charge in [0.05, 0.1) is 12.7 Å². The molecule has 1 fully saturated rings. The Labute approximate surface area is 128 Å².